The standard InChI is InChI=1S/C17H19NOS/c18-17-15(16(19)12-8-4-3-5-9-12)13-10-6-1-2-7-11-14(13)20-17/h3-5,8-9H,1-2,6-7,10-11,18H2. The van der Waals surface area contributed by atoms with E-state index in [1.807, 2.05) is 30.3 Å². The van der Waals surface area contributed by atoms with Crippen LogP contribution in [0.4, 0.5) is 5.00 Å². The van der Waals surface area contributed by atoms with Crippen LogP contribution in [0.25, 0.3) is 0 Å². The van der Waals surface area contributed by atoms with Gasteiger partial charge in [-0.15, -0.1) is 11.3 Å². The van der Waals surface area contributed by atoms with Gasteiger partial charge in [0.15, 0.2) is 5.78 Å². The Balaban J connectivity index is 2.03. The molecular weight excluding hydrogens is 266 g/mol. The van der Waals surface area contributed by atoms with Gasteiger partial charge in [0, 0.05) is 10.4 Å². The van der Waals surface area contributed by atoms with E-state index >= 15 is 0 Å². The second kappa shape index (κ2) is 5.80. The summed E-state index contributed by atoms with van der Waals surface area (Å²) in [5, 5.41) is 0.700. The predicted octanol–water partition coefficient (Wildman–Crippen LogP) is 4.22. The molecule has 0 aliphatic heterocycles. The average Bonchev–Trinajstić information content (AvgIpc) is 2.74. The highest BCUT2D eigenvalue weighted by molar-refractivity contribution is 7.16. The molecule has 104 valence electrons. The van der Waals surface area contributed by atoms with Crippen molar-refractivity contribution in [1.29, 1.82) is 0 Å². The highest BCUT2D eigenvalue weighted by Gasteiger charge is 2.23. The highest BCUT2D eigenvalue weighted by atomic mass is 32.1. The second-order valence-electron chi connectivity index (χ2n) is 5.35. The molecule has 20 heavy (non-hydrogen) atoms. The van der Waals surface area contributed by atoms with Gasteiger partial charge in [-0.2, -0.15) is 0 Å². The Morgan fingerprint density at radius 1 is 1.00 bits per heavy atom. The molecule has 0 atom stereocenters. The number of rotatable bonds is 2. The summed E-state index contributed by atoms with van der Waals surface area (Å²) in [4.78, 5) is 14.1. The first kappa shape index (κ1) is 13.4. The number of nitrogen functional groups attached to an aromatic ring is 1. The van der Waals surface area contributed by atoms with Gasteiger partial charge in [-0.25, -0.2) is 0 Å². The van der Waals surface area contributed by atoms with E-state index in [-0.39, 0.29) is 5.78 Å². The van der Waals surface area contributed by atoms with Crippen LogP contribution in [0.3, 0.4) is 0 Å². The third-order valence-corrected chi connectivity index (χ3v) is 5.08. The first-order valence-electron chi connectivity index (χ1n) is 7.27. The van der Waals surface area contributed by atoms with Gasteiger partial charge in [0.05, 0.1) is 10.6 Å². The number of anilines is 1. The van der Waals surface area contributed by atoms with Crippen molar-refractivity contribution in [3.05, 3.63) is 51.9 Å². The Kier molecular flexibility index (Phi) is 3.88. The van der Waals surface area contributed by atoms with Crippen LogP contribution in [0.15, 0.2) is 30.3 Å². The number of carbonyl (C=O) groups excluding carboxylic acids is 1. The summed E-state index contributed by atoms with van der Waals surface area (Å²) in [5.41, 5.74) is 8.90. The third kappa shape index (κ3) is 2.50. The van der Waals surface area contributed by atoms with Gasteiger partial charge >= 0.3 is 0 Å². The Morgan fingerprint density at radius 2 is 1.70 bits per heavy atom. The maximum atomic E-state index is 12.7. The number of thiophene rings is 1. The predicted molar refractivity (Wildman–Crippen MR) is 84.5 cm³/mol. The Bertz CT molecular complexity index is 615. The van der Waals surface area contributed by atoms with Crippen LogP contribution in [-0.4, -0.2) is 5.78 Å². The van der Waals surface area contributed by atoms with Crippen LogP contribution in [-0.2, 0) is 12.8 Å². The van der Waals surface area contributed by atoms with Gasteiger partial charge in [-0.1, -0.05) is 43.2 Å². The molecule has 1 aliphatic carbocycles. The molecule has 1 aliphatic rings. The number of nitrogens with two attached hydrogens (primary N) is 1. The van der Waals surface area contributed by atoms with Crippen LogP contribution >= 0.6 is 11.3 Å². The molecule has 0 spiro atoms. The van der Waals surface area contributed by atoms with Crippen molar-refractivity contribution in [3.8, 4) is 0 Å². The van der Waals surface area contributed by atoms with Crippen molar-refractivity contribution in [3.63, 3.8) is 0 Å². The minimum Gasteiger partial charge on any atom is -0.390 e. The fraction of sp³-hybridized carbons (Fsp3) is 0.353. The molecule has 2 aromatic rings. The number of benzene rings is 1. The van der Waals surface area contributed by atoms with E-state index in [9.17, 15) is 4.79 Å². The zero-order valence-electron chi connectivity index (χ0n) is 11.5. The lowest BCUT2D eigenvalue weighted by Crippen LogP contribution is -2.07. The summed E-state index contributed by atoms with van der Waals surface area (Å²) in [6.45, 7) is 0. The topological polar surface area (TPSA) is 43.1 Å². The Morgan fingerprint density at radius 3 is 2.45 bits per heavy atom. The normalized spacial score (nSPS) is 15.2. The van der Waals surface area contributed by atoms with Gasteiger partial charge in [0.1, 0.15) is 0 Å². The van der Waals surface area contributed by atoms with Crippen LogP contribution in [0.2, 0.25) is 0 Å². The maximum Gasteiger partial charge on any atom is 0.196 e. The summed E-state index contributed by atoms with van der Waals surface area (Å²) < 4.78 is 0. The van der Waals surface area contributed by atoms with Crippen molar-refractivity contribution < 1.29 is 4.79 Å². The zero-order chi connectivity index (χ0) is 13.9. The lowest BCUT2D eigenvalue weighted by molar-refractivity contribution is 0.103. The molecule has 0 radical (unpaired) electrons. The molecule has 0 saturated carbocycles. The molecule has 2 N–H and O–H groups in total. The van der Waals surface area contributed by atoms with E-state index < -0.39 is 0 Å². The second-order valence-corrected chi connectivity index (χ2v) is 6.49. The summed E-state index contributed by atoms with van der Waals surface area (Å²) in [6.07, 6.45) is 7.00. The van der Waals surface area contributed by atoms with E-state index in [4.69, 9.17) is 5.73 Å². The van der Waals surface area contributed by atoms with Crippen LogP contribution < -0.4 is 5.73 Å². The molecule has 3 rings (SSSR count). The third-order valence-electron chi connectivity index (χ3n) is 3.96. The molecule has 0 amide bonds. The summed E-state index contributed by atoms with van der Waals surface area (Å²) in [6, 6.07) is 9.47. The van der Waals surface area contributed by atoms with Crippen molar-refractivity contribution in [2.75, 3.05) is 5.73 Å². The average molecular weight is 285 g/mol. The number of ketones is 1. The minimum absolute atomic E-state index is 0.0844. The first-order valence-corrected chi connectivity index (χ1v) is 8.09. The molecule has 2 nitrogen and oxygen atoms in total. The molecule has 1 aromatic carbocycles. The number of hydrogen-bond acceptors (Lipinski definition) is 3. The summed E-state index contributed by atoms with van der Waals surface area (Å²) >= 11 is 1.62. The van der Waals surface area contributed by atoms with Gasteiger partial charge in [0.2, 0.25) is 0 Å². The monoisotopic (exact) mass is 285 g/mol. The minimum atomic E-state index is 0.0844. The molecule has 1 heterocycles. The van der Waals surface area contributed by atoms with E-state index in [1.54, 1.807) is 11.3 Å². The summed E-state index contributed by atoms with van der Waals surface area (Å²) in [5.74, 6) is 0.0844. The fourth-order valence-electron chi connectivity index (χ4n) is 2.92. The van der Waals surface area contributed by atoms with Crippen LogP contribution in [0, 0.1) is 0 Å². The summed E-state index contributed by atoms with van der Waals surface area (Å²) in [7, 11) is 0. The SMILES string of the molecule is Nc1sc2c(c1C(=O)c1ccccc1)CCCCCC2. The number of carbonyl (C=O) groups is 1. The van der Waals surface area contributed by atoms with Gasteiger partial charge in [-0.05, 0) is 31.2 Å². The Hall–Kier alpha value is -1.61. The number of aryl methyl sites for hydroxylation is 1. The fourth-order valence-corrected chi connectivity index (χ4v) is 4.08. The van der Waals surface area contributed by atoms with E-state index in [0.717, 1.165) is 30.4 Å². The van der Waals surface area contributed by atoms with Gasteiger partial charge in [-0.3, -0.25) is 4.79 Å². The number of fused-ring (bicyclic) bond motifs is 1. The Labute approximate surface area is 123 Å². The quantitative estimate of drug-likeness (QED) is 0.839. The molecule has 0 bridgehead atoms. The lowest BCUT2D eigenvalue weighted by atomic mass is 9.93. The molecule has 3 heteroatoms. The number of hydrogen-bond donors (Lipinski definition) is 1. The lowest BCUT2D eigenvalue weighted by Gasteiger charge is -2.11. The van der Waals surface area contributed by atoms with Crippen molar-refractivity contribution in [1.82, 2.24) is 0 Å². The van der Waals surface area contributed by atoms with Gasteiger partial charge in [0.25, 0.3) is 0 Å². The smallest absolute Gasteiger partial charge is 0.196 e. The van der Waals surface area contributed by atoms with Crippen molar-refractivity contribution in [2.45, 2.75) is 38.5 Å². The maximum absolute atomic E-state index is 12.7. The molecule has 0 fully saturated rings. The van der Waals surface area contributed by atoms with Crippen LogP contribution in [0.1, 0.15) is 52.0 Å². The van der Waals surface area contributed by atoms with Crippen molar-refractivity contribution >= 4 is 22.1 Å². The molecule has 0 unspecified atom stereocenters. The van der Waals surface area contributed by atoms with E-state index in [2.05, 4.69) is 0 Å². The van der Waals surface area contributed by atoms with E-state index in [1.165, 1.54) is 29.7 Å². The highest BCUT2D eigenvalue weighted by Crippen LogP contribution is 2.36. The largest absolute Gasteiger partial charge is 0.390 e. The molecule has 1 aromatic heterocycles. The zero-order valence-corrected chi connectivity index (χ0v) is 12.3. The van der Waals surface area contributed by atoms with E-state index in [0.29, 0.717) is 5.00 Å². The molecular formula is C17H19NOS. The van der Waals surface area contributed by atoms with Gasteiger partial charge < -0.3 is 5.73 Å². The van der Waals surface area contributed by atoms with Crippen LogP contribution in [0.5, 0.6) is 0 Å². The van der Waals surface area contributed by atoms with Crippen molar-refractivity contribution in [2.24, 2.45) is 0 Å². The molecule has 0 saturated heterocycles. The first-order chi connectivity index (χ1) is 9.77.